The number of primary amides is 1. The predicted molar refractivity (Wildman–Crippen MR) is 58.6 cm³/mol. The van der Waals surface area contributed by atoms with Crippen LogP contribution < -0.4 is 15.8 Å². The maximum Gasteiger partial charge on any atom is 0.231 e. The molecule has 3 N–H and O–H groups in total. The van der Waals surface area contributed by atoms with Gasteiger partial charge in [-0.05, 0) is 24.6 Å². The first-order valence-corrected chi connectivity index (χ1v) is 4.89. The summed E-state index contributed by atoms with van der Waals surface area (Å²) in [6, 6.07) is 4.51. The number of hydrogen-bond acceptors (Lipinski definition) is 3. The molecule has 1 aromatic rings. The van der Waals surface area contributed by atoms with Gasteiger partial charge in [-0.15, -0.1) is 0 Å². The van der Waals surface area contributed by atoms with Crippen molar-refractivity contribution in [2.75, 3.05) is 13.7 Å². The van der Waals surface area contributed by atoms with Crippen molar-refractivity contribution in [3.63, 3.8) is 0 Å². The number of halogens is 1. The molecule has 0 aliphatic rings. The van der Waals surface area contributed by atoms with Gasteiger partial charge in [-0.25, -0.2) is 4.39 Å². The Bertz CT molecular complexity index is 382. The number of methoxy groups -OCH3 is 1. The summed E-state index contributed by atoms with van der Waals surface area (Å²) in [7, 11) is 1.41. The van der Waals surface area contributed by atoms with E-state index in [-0.39, 0.29) is 18.3 Å². The maximum absolute atomic E-state index is 13.4. The summed E-state index contributed by atoms with van der Waals surface area (Å²) in [4.78, 5) is 10.6. The summed E-state index contributed by atoms with van der Waals surface area (Å²) in [5.41, 5.74) is 5.73. The van der Waals surface area contributed by atoms with Gasteiger partial charge in [0.25, 0.3) is 0 Å². The van der Waals surface area contributed by atoms with Gasteiger partial charge >= 0.3 is 0 Å². The van der Waals surface area contributed by atoms with Crippen molar-refractivity contribution < 1.29 is 13.9 Å². The van der Waals surface area contributed by atoms with E-state index < -0.39 is 11.7 Å². The summed E-state index contributed by atoms with van der Waals surface area (Å²) in [5, 5.41) is 2.88. The minimum absolute atomic E-state index is 0.0643. The molecule has 88 valence electrons. The van der Waals surface area contributed by atoms with E-state index in [1.165, 1.54) is 13.2 Å². The fraction of sp³-hybridized carbons (Fsp3) is 0.364. The third-order valence-electron chi connectivity index (χ3n) is 2.26. The van der Waals surface area contributed by atoms with Gasteiger partial charge in [-0.2, -0.15) is 0 Å². The lowest BCUT2D eigenvalue weighted by molar-refractivity contribution is -0.117. The van der Waals surface area contributed by atoms with Gasteiger partial charge in [0.15, 0.2) is 11.6 Å². The lowest BCUT2D eigenvalue weighted by Crippen LogP contribution is -2.30. The van der Waals surface area contributed by atoms with Gasteiger partial charge < -0.3 is 15.8 Å². The number of hydrogen-bond donors (Lipinski definition) is 2. The van der Waals surface area contributed by atoms with Crippen molar-refractivity contribution in [3.8, 4) is 5.75 Å². The van der Waals surface area contributed by atoms with E-state index in [4.69, 9.17) is 10.5 Å². The van der Waals surface area contributed by atoms with Crippen molar-refractivity contribution in [2.24, 2.45) is 5.73 Å². The number of ether oxygens (including phenoxy) is 1. The number of rotatable bonds is 5. The molecule has 0 radical (unpaired) electrons. The topological polar surface area (TPSA) is 64.3 Å². The number of carbonyl (C=O) groups excluding carboxylic acids is 1. The number of amides is 1. The molecule has 1 aromatic carbocycles. The van der Waals surface area contributed by atoms with Gasteiger partial charge in [0.05, 0.1) is 13.7 Å². The largest absolute Gasteiger partial charge is 0.494 e. The molecule has 0 spiro atoms. The number of nitrogens with one attached hydrogen (secondary N) is 1. The summed E-state index contributed by atoms with van der Waals surface area (Å²) < 4.78 is 18.2. The fourth-order valence-electron chi connectivity index (χ4n) is 1.32. The zero-order chi connectivity index (χ0) is 12.1. The molecular weight excluding hydrogens is 211 g/mol. The third-order valence-corrected chi connectivity index (χ3v) is 2.26. The van der Waals surface area contributed by atoms with Crippen LogP contribution in [-0.2, 0) is 4.79 Å². The third kappa shape index (κ3) is 3.20. The van der Waals surface area contributed by atoms with Crippen LogP contribution in [0.25, 0.3) is 0 Å². The lowest BCUT2D eigenvalue weighted by atomic mass is 10.1. The summed E-state index contributed by atoms with van der Waals surface area (Å²) in [6.45, 7) is 1.89. The minimum Gasteiger partial charge on any atom is -0.494 e. The Kier molecular flexibility index (Phi) is 4.25. The molecule has 1 amide bonds. The molecule has 4 nitrogen and oxygen atoms in total. The first kappa shape index (κ1) is 12.4. The van der Waals surface area contributed by atoms with Crippen LogP contribution >= 0.6 is 0 Å². The van der Waals surface area contributed by atoms with E-state index in [0.717, 1.165) is 5.56 Å². The van der Waals surface area contributed by atoms with E-state index in [0.29, 0.717) is 0 Å². The van der Waals surface area contributed by atoms with E-state index >= 15 is 0 Å². The summed E-state index contributed by atoms with van der Waals surface area (Å²) in [6.07, 6.45) is 0. The average Bonchev–Trinajstić information content (AvgIpc) is 2.25. The zero-order valence-electron chi connectivity index (χ0n) is 9.29. The fourth-order valence-corrected chi connectivity index (χ4v) is 1.32. The zero-order valence-corrected chi connectivity index (χ0v) is 9.29. The minimum atomic E-state index is -0.444. The van der Waals surface area contributed by atoms with Crippen LogP contribution in [-0.4, -0.2) is 19.6 Å². The van der Waals surface area contributed by atoms with Crippen LogP contribution in [0.15, 0.2) is 18.2 Å². The van der Waals surface area contributed by atoms with Crippen LogP contribution in [0.2, 0.25) is 0 Å². The second-order valence-electron chi connectivity index (χ2n) is 3.46. The summed E-state index contributed by atoms with van der Waals surface area (Å²) >= 11 is 0. The Balaban J connectivity index is 2.72. The van der Waals surface area contributed by atoms with Crippen LogP contribution in [0.3, 0.4) is 0 Å². The molecule has 0 heterocycles. The van der Waals surface area contributed by atoms with Gasteiger partial charge in [0.2, 0.25) is 5.91 Å². The summed E-state index contributed by atoms with van der Waals surface area (Å²) in [5.74, 6) is -0.667. The van der Waals surface area contributed by atoms with Crippen molar-refractivity contribution in [1.29, 1.82) is 0 Å². The smallest absolute Gasteiger partial charge is 0.231 e. The Morgan fingerprint density at radius 1 is 1.62 bits per heavy atom. The monoisotopic (exact) mass is 226 g/mol. The van der Waals surface area contributed by atoms with Crippen molar-refractivity contribution >= 4 is 5.91 Å². The molecule has 0 aromatic heterocycles. The molecule has 0 saturated carbocycles. The Hall–Kier alpha value is -1.62. The molecule has 0 aliphatic heterocycles. The Morgan fingerprint density at radius 3 is 2.81 bits per heavy atom. The van der Waals surface area contributed by atoms with Crippen LogP contribution in [0.5, 0.6) is 5.75 Å². The number of carbonyl (C=O) groups is 1. The number of nitrogens with two attached hydrogens (primary N) is 1. The second kappa shape index (κ2) is 5.46. The number of benzene rings is 1. The molecule has 0 saturated heterocycles. The Labute approximate surface area is 93.6 Å². The van der Waals surface area contributed by atoms with Crippen LogP contribution in [0.1, 0.15) is 18.5 Å². The quantitative estimate of drug-likeness (QED) is 0.786. The highest BCUT2D eigenvalue weighted by Gasteiger charge is 2.09. The molecule has 1 atom stereocenters. The van der Waals surface area contributed by atoms with Gasteiger partial charge in [0, 0.05) is 6.04 Å². The highest BCUT2D eigenvalue weighted by Crippen LogP contribution is 2.21. The second-order valence-corrected chi connectivity index (χ2v) is 3.46. The SMILES string of the molecule is COc1ccc(C(C)NCC(N)=O)cc1F. The first-order valence-electron chi connectivity index (χ1n) is 4.89. The van der Waals surface area contributed by atoms with Crippen molar-refractivity contribution in [3.05, 3.63) is 29.6 Å². The predicted octanol–water partition coefficient (Wildman–Crippen LogP) is 0.970. The van der Waals surface area contributed by atoms with Gasteiger partial charge in [0.1, 0.15) is 0 Å². The van der Waals surface area contributed by atoms with E-state index in [9.17, 15) is 9.18 Å². The van der Waals surface area contributed by atoms with E-state index in [1.54, 1.807) is 12.1 Å². The van der Waals surface area contributed by atoms with E-state index in [2.05, 4.69) is 5.32 Å². The van der Waals surface area contributed by atoms with Gasteiger partial charge in [-0.3, -0.25) is 4.79 Å². The molecule has 1 unspecified atom stereocenters. The first-order chi connectivity index (χ1) is 7.54. The molecule has 5 heteroatoms. The van der Waals surface area contributed by atoms with Crippen molar-refractivity contribution in [1.82, 2.24) is 5.32 Å². The van der Waals surface area contributed by atoms with Crippen LogP contribution in [0, 0.1) is 5.82 Å². The molecular formula is C11H15FN2O2. The molecule has 0 bridgehead atoms. The normalized spacial score (nSPS) is 12.2. The Morgan fingerprint density at radius 2 is 2.31 bits per heavy atom. The van der Waals surface area contributed by atoms with Crippen molar-refractivity contribution in [2.45, 2.75) is 13.0 Å². The standard InChI is InChI=1S/C11H15FN2O2/c1-7(14-6-11(13)15)8-3-4-10(16-2)9(12)5-8/h3-5,7,14H,6H2,1-2H3,(H2,13,15). The molecule has 1 rings (SSSR count). The molecule has 0 aliphatic carbocycles. The average molecular weight is 226 g/mol. The highest BCUT2D eigenvalue weighted by molar-refractivity contribution is 5.75. The van der Waals surface area contributed by atoms with Gasteiger partial charge in [-0.1, -0.05) is 6.07 Å². The lowest BCUT2D eigenvalue weighted by Gasteiger charge is -2.13. The van der Waals surface area contributed by atoms with E-state index in [1.807, 2.05) is 6.92 Å². The molecule has 0 fully saturated rings. The highest BCUT2D eigenvalue weighted by atomic mass is 19.1. The molecule has 16 heavy (non-hydrogen) atoms. The maximum atomic E-state index is 13.4. The van der Waals surface area contributed by atoms with Crippen LogP contribution in [0.4, 0.5) is 4.39 Å².